The maximum Gasteiger partial charge on any atom is 0.00435 e. The lowest BCUT2D eigenvalue weighted by atomic mass is 9.71. The van der Waals surface area contributed by atoms with Crippen LogP contribution in [0.25, 0.3) is 0 Å². The molecule has 61 valence electrons. The molecule has 0 aromatic carbocycles. The Labute approximate surface area is 74.4 Å². The van der Waals surface area contributed by atoms with E-state index in [4.69, 9.17) is 12.2 Å². The normalized spacial score (nSPS) is 46.8. The van der Waals surface area contributed by atoms with Gasteiger partial charge in [0.2, 0.25) is 0 Å². The van der Waals surface area contributed by atoms with Gasteiger partial charge in [-0.1, -0.05) is 33.0 Å². The second kappa shape index (κ2) is 1.87. The van der Waals surface area contributed by atoms with Gasteiger partial charge in [-0.15, -0.1) is 0 Å². The van der Waals surface area contributed by atoms with E-state index < -0.39 is 0 Å². The third-order valence-corrected chi connectivity index (χ3v) is 4.50. The Kier molecular flexibility index (Phi) is 1.32. The highest BCUT2D eigenvalue weighted by molar-refractivity contribution is 7.80. The van der Waals surface area contributed by atoms with Crippen LogP contribution in [0.15, 0.2) is 0 Å². The van der Waals surface area contributed by atoms with Crippen molar-refractivity contribution in [2.75, 3.05) is 0 Å². The minimum atomic E-state index is 0.411. The van der Waals surface area contributed by atoms with Gasteiger partial charge in [0.15, 0.2) is 0 Å². The molecule has 2 bridgehead atoms. The van der Waals surface area contributed by atoms with Crippen LogP contribution in [-0.2, 0) is 0 Å². The van der Waals surface area contributed by atoms with Crippen molar-refractivity contribution in [2.45, 2.75) is 33.6 Å². The molecule has 0 aromatic rings. The van der Waals surface area contributed by atoms with Crippen molar-refractivity contribution in [1.29, 1.82) is 0 Å². The SMILES string of the molecule is CC12[CH]C(=S)C(CC1)C2(C)C. The van der Waals surface area contributed by atoms with Crippen molar-refractivity contribution in [1.82, 2.24) is 0 Å². The van der Waals surface area contributed by atoms with E-state index in [9.17, 15) is 0 Å². The molecule has 0 heterocycles. The lowest BCUT2D eigenvalue weighted by Gasteiger charge is -2.33. The average molecular weight is 167 g/mol. The van der Waals surface area contributed by atoms with Crippen LogP contribution in [0.2, 0.25) is 0 Å². The smallest absolute Gasteiger partial charge is 0.00435 e. The first-order chi connectivity index (χ1) is 4.97. The van der Waals surface area contributed by atoms with E-state index >= 15 is 0 Å². The zero-order valence-electron chi connectivity index (χ0n) is 7.48. The second-order valence-corrected chi connectivity index (χ2v) is 5.25. The fourth-order valence-corrected chi connectivity index (χ4v) is 3.37. The van der Waals surface area contributed by atoms with E-state index in [0.29, 0.717) is 16.7 Å². The van der Waals surface area contributed by atoms with Gasteiger partial charge in [0.1, 0.15) is 0 Å². The Bertz CT molecular complexity index is 214. The van der Waals surface area contributed by atoms with E-state index in [-0.39, 0.29) is 0 Å². The predicted octanol–water partition coefficient (Wildman–Crippen LogP) is 3.02. The lowest BCUT2D eigenvalue weighted by Crippen LogP contribution is -2.26. The fourth-order valence-electron chi connectivity index (χ4n) is 2.70. The van der Waals surface area contributed by atoms with Crippen molar-refractivity contribution >= 4 is 17.1 Å². The zero-order valence-corrected chi connectivity index (χ0v) is 8.29. The lowest BCUT2D eigenvalue weighted by molar-refractivity contribution is 0.182. The van der Waals surface area contributed by atoms with Gasteiger partial charge in [-0.05, 0) is 29.6 Å². The monoisotopic (exact) mass is 167 g/mol. The molecular formula is C10H15S. The quantitative estimate of drug-likeness (QED) is 0.500. The van der Waals surface area contributed by atoms with Crippen LogP contribution in [0, 0.1) is 23.2 Å². The third-order valence-electron chi connectivity index (χ3n) is 4.10. The standard InChI is InChI=1S/C10H15S/c1-9(2)7-4-5-10(9,3)6-8(7)11/h6-7H,4-5H2,1-3H3. The molecule has 0 nitrogen and oxygen atoms in total. The molecule has 0 amide bonds. The van der Waals surface area contributed by atoms with E-state index in [1.807, 2.05) is 0 Å². The Balaban J connectivity index is 2.45. The van der Waals surface area contributed by atoms with Gasteiger partial charge in [-0.25, -0.2) is 0 Å². The highest BCUT2D eigenvalue weighted by Crippen LogP contribution is 2.63. The Morgan fingerprint density at radius 2 is 2.09 bits per heavy atom. The van der Waals surface area contributed by atoms with Gasteiger partial charge >= 0.3 is 0 Å². The summed E-state index contributed by atoms with van der Waals surface area (Å²) in [4.78, 5) is 1.23. The fraction of sp³-hybridized carbons (Fsp3) is 0.800. The van der Waals surface area contributed by atoms with Gasteiger partial charge in [0.25, 0.3) is 0 Å². The van der Waals surface area contributed by atoms with Crippen molar-refractivity contribution in [3.8, 4) is 0 Å². The number of hydrogen-bond acceptors (Lipinski definition) is 1. The van der Waals surface area contributed by atoms with Crippen LogP contribution in [-0.4, -0.2) is 4.86 Å². The summed E-state index contributed by atoms with van der Waals surface area (Å²) in [5, 5.41) is 0. The molecule has 2 rings (SSSR count). The maximum absolute atomic E-state index is 5.34. The summed E-state index contributed by atoms with van der Waals surface area (Å²) in [5.41, 5.74) is 0.846. The van der Waals surface area contributed by atoms with Gasteiger partial charge in [-0.2, -0.15) is 0 Å². The van der Waals surface area contributed by atoms with E-state index in [1.54, 1.807) is 0 Å². The van der Waals surface area contributed by atoms with Crippen molar-refractivity contribution in [2.24, 2.45) is 16.7 Å². The molecule has 2 aliphatic rings. The van der Waals surface area contributed by atoms with Crippen LogP contribution in [0.3, 0.4) is 0 Å². The molecule has 0 saturated heterocycles. The summed E-state index contributed by atoms with van der Waals surface area (Å²) < 4.78 is 0. The Morgan fingerprint density at radius 3 is 2.27 bits per heavy atom. The molecule has 0 aliphatic heterocycles. The molecule has 1 heteroatoms. The molecule has 2 saturated carbocycles. The molecule has 2 fully saturated rings. The van der Waals surface area contributed by atoms with Crippen LogP contribution >= 0.6 is 12.2 Å². The topological polar surface area (TPSA) is 0 Å². The summed E-state index contributed by atoms with van der Waals surface area (Å²) in [6.07, 6.45) is 4.99. The van der Waals surface area contributed by atoms with E-state index in [0.717, 1.165) is 0 Å². The van der Waals surface area contributed by atoms with Crippen LogP contribution in [0.4, 0.5) is 0 Å². The molecule has 1 radical (unpaired) electrons. The molecule has 0 spiro atoms. The Hall–Kier alpha value is 0.0900. The van der Waals surface area contributed by atoms with Crippen LogP contribution in [0.5, 0.6) is 0 Å². The first-order valence-electron chi connectivity index (χ1n) is 4.37. The van der Waals surface area contributed by atoms with Crippen LogP contribution in [0.1, 0.15) is 33.6 Å². The van der Waals surface area contributed by atoms with Crippen LogP contribution < -0.4 is 0 Å². The number of thiocarbonyl (C=S) groups is 1. The summed E-state index contributed by atoms with van der Waals surface area (Å²) in [6.45, 7) is 7.08. The van der Waals surface area contributed by atoms with E-state index in [1.165, 1.54) is 17.7 Å². The predicted molar refractivity (Wildman–Crippen MR) is 51.5 cm³/mol. The zero-order chi connectivity index (χ0) is 8.28. The minimum absolute atomic E-state index is 0.411. The van der Waals surface area contributed by atoms with Gasteiger partial charge in [0.05, 0.1) is 0 Å². The summed E-state index contributed by atoms with van der Waals surface area (Å²) in [7, 11) is 0. The maximum atomic E-state index is 5.34. The first-order valence-corrected chi connectivity index (χ1v) is 4.78. The van der Waals surface area contributed by atoms with Crippen molar-refractivity contribution in [3.63, 3.8) is 0 Å². The molecule has 0 aromatic heterocycles. The summed E-state index contributed by atoms with van der Waals surface area (Å²) in [6, 6.07) is 0. The number of rotatable bonds is 0. The highest BCUT2D eigenvalue weighted by Gasteiger charge is 2.58. The largest absolute Gasteiger partial charge is 0.0890 e. The Morgan fingerprint density at radius 1 is 1.45 bits per heavy atom. The molecule has 2 atom stereocenters. The highest BCUT2D eigenvalue weighted by atomic mass is 32.1. The first kappa shape index (κ1) is 7.72. The molecule has 2 aliphatic carbocycles. The summed E-state index contributed by atoms with van der Waals surface area (Å²) >= 11 is 5.34. The number of hydrogen-bond donors (Lipinski definition) is 0. The number of fused-ring (bicyclic) bond motifs is 2. The summed E-state index contributed by atoms with van der Waals surface area (Å²) in [5.74, 6) is 0.697. The van der Waals surface area contributed by atoms with Crippen molar-refractivity contribution < 1.29 is 0 Å². The molecular weight excluding hydrogens is 152 g/mol. The average Bonchev–Trinajstić information content (AvgIpc) is 2.13. The van der Waals surface area contributed by atoms with Crippen molar-refractivity contribution in [3.05, 3.63) is 6.42 Å². The molecule has 11 heavy (non-hydrogen) atoms. The van der Waals surface area contributed by atoms with Gasteiger partial charge in [0, 0.05) is 11.3 Å². The van der Waals surface area contributed by atoms with E-state index in [2.05, 4.69) is 27.2 Å². The van der Waals surface area contributed by atoms with Gasteiger partial charge in [-0.3, -0.25) is 0 Å². The minimum Gasteiger partial charge on any atom is -0.0890 e. The van der Waals surface area contributed by atoms with Gasteiger partial charge < -0.3 is 0 Å². The third kappa shape index (κ3) is 0.729. The second-order valence-electron chi connectivity index (χ2n) is 4.78. The molecule has 2 unspecified atom stereocenters. The molecule has 0 N–H and O–H groups in total.